The first kappa shape index (κ1) is 11.0. The number of carbonyl (C=O) groups excluding carboxylic acids is 1. The zero-order chi connectivity index (χ0) is 11.5. The molecule has 0 N–H and O–H groups in total. The average molecular weight is 256 g/mol. The summed E-state index contributed by atoms with van der Waals surface area (Å²) in [5, 5.41) is 2.39. The van der Waals surface area contributed by atoms with Crippen LogP contribution in [0.2, 0.25) is 5.15 Å². The Labute approximate surface area is 100 Å². The standard InChI is InChI=1S/C9H6ClN3O2S/c1-15-9(14)5-4-16-8(13-5)6-7(10)12-3-2-11-6/h2-4H,1H3. The fourth-order valence-electron chi connectivity index (χ4n) is 1.05. The van der Waals surface area contributed by atoms with Gasteiger partial charge in [-0.15, -0.1) is 11.3 Å². The van der Waals surface area contributed by atoms with Crippen molar-refractivity contribution in [2.45, 2.75) is 0 Å². The van der Waals surface area contributed by atoms with Crippen molar-refractivity contribution >= 4 is 28.9 Å². The Hall–Kier alpha value is -1.53. The van der Waals surface area contributed by atoms with Crippen molar-refractivity contribution in [3.8, 4) is 10.7 Å². The van der Waals surface area contributed by atoms with E-state index in [9.17, 15) is 4.79 Å². The minimum absolute atomic E-state index is 0.240. The molecular formula is C9H6ClN3O2S. The Bertz CT molecular complexity index is 529. The SMILES string of the molecule is COC(=O)c1csc(-c2nccnc2Cl)n1. The summed E-state index contributed by atoms with van der Waals surface area (Å²) in [6.45, 7) is 0. The van der Waals surface area contributed by atoms with Gasteiger partial charge in [0.05, 0.1) is 7.11 Å². The summed E-state index contributed by atoms with van der Waals surface area (Å²) >= 11 is 7.12. The molecule has 0 aliphatic heterocycles. The van der Waals surface area contributed by atoms with E-state index in [2.05, 4.69) is 19.7 Å². The number of hydrogen-bond donors (Lipinski definition) is 0. The van der Waals surface area contributed by atoms with Gasteiger partial charge in [0, 0.05) is 17.8 Å². The van der Waals surface area contributed by atoms with Gasteiger partial charge >= 0.3 is 5.97 Å². The van der Waals surface area contributed by atoms with Crippen molar-refractivity contribution in [1.29, 1.82) is 0 Å². The van der Waals surface area contributed by atoms with E-state index in [1.807, 2.05) is 0 Å². The molecule has 2 heterocycles. The smallest absolute Gasteiger partial charge is 0.357 e. The molecule has 0 amide bonds. The van der Waals surface area contributed by atoms with Gasteiger partial charge in [0.1, 0.15) is 10.7 Å². The first-order valence-electron chi connectivity index (χ1n) is 4.23. The summed E-state index contributed by atoms with van der Waals surface area (Å²) in [7, 11) is 1.30. The van der Waals surface area contributed by atoms with Crippen molar-refractivity contribution in [2.75, 3.05) is 7.11 Å². The molecule has 0 atom stereocenters. The Balaban J connectivity index is 2.39. The van der Waals surface area contributed by atoms with Gasteiger partial charge in [0.15, 0.2) is 10.8 Å². The van der Waals surface area contributed by atoms with Crippen LogP contribution < -0.4 is 0 Å². The summed E-state index contributed by atoms with van der Waals surface area (Å²) in [4.78, 5) is 23.2. The van der Waals surface area contributed by atoms with E-state index >= 15 is 0 Å². The zero-order valence-corrected chi connectivity index (χ0v) is 9.75. The van der Waals surface area contributed by atoms with Crippen molar-refractivity contribution in [1.82, 2.24) is 15.0 Å². The molecule has 7 heteroatoms. The van der Waals surface area contributed by atoms with Crippen LogP contribution in [-0.4, -0.2) is 28.0 Å². The van der Waals surface area contributed by atoms with Crippen LogP contribution in [0.3, 0.4) is 0 Å². The predicted molar refractivity (Wildman–Crippen MR) is 59.5 cm³/mol. The third-order valence-electron chi connectivity index (χ3n) is 1.75. The Morgan fingerprint density at radius 2 is 2.19 bits per heavy atom. The van der Waals surface area contributed by atoms with E-state index in [4.69, 9.17) is 11.6 Å². The van der Waals surface area contributed by atoms with Crippen LogP contribution in [0.4, 0.5) is 0 Å². The van der Waals surface area contributed by atoms with Crippen molar-refractivity contribution in [2.24, 2.45) is 0 Å². The van der Waals surface area contributed by atoms with Gasteiger partial charge in [-0.05, 0) is 0 Å². The number of esters is 1. The second-order valence-corrected chi connectivity index (χ2v) is 3.94. The summed E-state index contributed by atoms with van der Waals surface area (Å²) in [5.74, 6) is -0.484. The molecule has 82 valence electrons. The quantitative estimate of drug-likeness (QED) is 0.769. The summed E-state index contributed by atoms with van der Waals surface area (Å²) in [6, 6.07) is 0. The lowest BCUT2D eigenvalue weighted by Crippen LogP contribution is -2.01. The van der Waals surface area contributed by atoms with Crippen LogP contribution in [0.15, 0.2) is 17.8 Å². The van der Waals surface area contributed by atoms with Gasteiger partial charge in [-0.3, -0.25) is 0 Å². The molecule has 0 saturated carbocycles. The summed E-state index contributed by atoms with van der Waals surface area (Å²) < 4.78 is 4.55. The van der Waals surface area contributed by atoms with Crippen molar-refractivity contribution in [3.63, 3.8) is 0 Å². The number of nitrogens with zero attached hydrogens (tertiary/aromatic N) is 3. The van der Waals surface area contributed by atoms with Crippen LogP contribution in [0, 0.1) is 0 Å². The average Bonchev–Trinajstić information content (AvgIpc) is 2.78. The molecule has 2 rings (SSSR count). The van der Waals surface area contributed by atoms with E-state index in [-0.39, 0.29) is 10.8 Å². The molecule has 0 aliphatic carbocycles. The van der Waals surface area contributed by atoms with Gasteiger partial charge in [0.2, 0.25) is 0 Å². The van der Waals surface area contributed by atoms with Gasteiger partial charge in [-0.1, -0.05) is 11.6 Å². The topological polar surface area (TPSA) is 65.0 Å². The number of methoxy groups -OCH3 is 1. The molecule has 2 aromatic rings. The molecule has 0 aliphatic rings. The molecular weight excluding hydrogens is 250 g/mol. The molecule has 0 spiro atoms. The van der Waals surface area contributed by atoms with Gasteiger partial charge < -0.3 is 4.74 Å². The minimum atomic E-state index is -0.484. The Morgan fingerprint density at radius 3 is 2.88 bits per heavy atom. The lowest BCUT2D eigenvalue weighted by molar-refractivity contribution is 0.0595. The zero-order valence-electron chi connectivity index (χ0n) is 8.18. The number of aromatic nitrogens is 3. The Kier molecular flexibility index (Phi) is 3.12. The molecule has 0 unspecified atom stereocenters. The van der Waals surface area contributed by atoms with Gasteiger partial charge in [-0.2, -0.15) is 0 Å². The van der Waals surface area contributed by atoms with E-state index in [0.717, 1.165) is 0 Å². The number of hydrogen-bond acceptors (Lipinski definition) is 6. The largest absolute Gasteiger partial charge is 0.464 e. The molecule has 0 aromatic carbocycles. The third kappa shape index (κ3) is 2.02. The maximum atomic E-state index is 11.2. The summed E-state index contributed by atoms with van der Waals surface area (Å²) in [6.07, 6.45) is 3.00. The van der Waals surface area contributed by atoms with Crippen LogP contribution >= 0.6 is 22.9 Å². The normalized spacial score (nSPS) is 10.1. The number of halogens is 1. The number of ether oxygens (including phenoxy) is 1. The first-order chi connectivity index (χ1) is 7.72. The number of rotatable bonds is 2. The van der Waals surface area contributed by atoms with E-state index < -0.39 is 5.97 Å². The lowest BCUT2D eigenvalue weighted by Gasteiger charge is -1.96. The number of carbonyl (C=O) groups is 1. The highest BCUT2D eigenvalue weighted by molar-refractivity contribution is 7.13. The highest BCUT2D eigenvalue weighted by Gasteiger charge is 2.14. The first-order valence-corrected chi connectivity index (χ1v) is 5.49. The third-order valence-corrected chi connectivity index (χ3v) is 2.88. The molecule has 0 bridgehead atoms. The highest BCUT2D eigenvalue weighted by atomic mass is 35.5. The minimum Gasteiger partial charge on any atom is -0.464 e. The lowest BCUT2D eigenvalue weighted by atomic mass is 10.4. The maximum absolute atomic E-state index is 11.2. The Morgan fingerprint density at radius 1 is 1.44 bits per heavy atom. The maximum Gasteiger partial charge on any atom is 0.357 e. The fourth-order valence-corrected chi connectivity index (χ4v) is 2.08. The highest BCUT2D eigenvalue weighted by Crippen LogP contribution is 2.26. The second-order valence-electron chi connectivity index (χ2n) is 2.73. The fraction of sp³-hybridized carbons (Fsp3) is 0.111. The van der Waals surface area contributed by atoms with E-state index in [1.165, 1.54) is 30.8 Å². The molecule has 0 fully saturated rings. The van der Waals surface area contributed by atoms with Crippen molar-refractivity contribution in [3.05, 3.63) is 28.6 Å². The van der Waals surface area contributed by atoms with Gasteiger partial charge in [0.25, 0.3) is 0 Å². The molecule has 0 saturated heterocycles. The van der Waals surface area contributed by atoms with E-state index in [1.54, 1.807) is 5.38 Å². The van der Waals surface area contributed by atoms with E-state index in [0.29, 0.717) is 10.7 Å². The summed E-state index contributed by atoms with van der Waals surface area (Å²) in [5.41, 5.74) is 0.702. The van der Waals surface area contributed by atoms with Crippen LogP contribution in [0.5, 0.6) is 0 Å². The molecule has 16 heavy (non-hydrogen) atoms. The molecule has 5 nitrogen and oxygen atoms in total. The number of thiazole rings is 1. The molecule has 0 radical (unpaired) electrons. The predicted octanol–water partition coefficient (Wildman–Crippen LogP) is 2.04. The molecule has 2 aromatic heterocycles. The van der Waals surface area contributed by atoms with Crippen LogP contribution in [0.1, 0.15) is 10.5 Å². The second kappa shape index (κ2) is 4.54. The monoisotopic (exact) mass is 255 g/mol. The van der Waals surface area contributed by atoms with Crippen LogP contribution in [-0.2, 0) is 4.74 Å². The van der Waals surface area contributed by atoms with Gasteiger partial charge in [-0.25, -0.2) is 19.7 Å². The van der Waals surface area contributed by atoms with Crippen molar-refractivity contribution < 1.29 is 9.53 Å². The van der Waals surface area contributed by atoms with Crippen LogP contribution in [0.25, 0.3) is 10.7 Å².